The lowest BCUT2D eigenvalue weighted by Gasteiger charge is -2.27. The molecule has 3 aromatic rings. The number of benzene rings is 1. The van der Waals surface area contributed by atoms with E-state index in [9.17, 15) is 0 Å². The van der Waals surface area contributed by atoms with Crippen LogP contribution in [0.25, 0.3) is 5.69 Å². The van der Waals surface area contributed by atoms with E-state index >= 15 is 0 Å². The Hall–Kier alpha value is -2.69. The normalized spacial score (nSPS) is 14.1. The number of nitrogens with zero attached hydrogens (tertiary/aromatic N) is 5. The van der Waals surface area contributed by atoms with Crippen LogP contribution < -0.4 is 4.90 Å². The molecule has 4 rings (SSSR count). The van der Waals surface area contributed by atoms with Crippen LogP contribution >= 0.6 is 0 Å². The Kier molecular flexibility index (Phi) is 5.39. The standard InChI is InChI=1S/C25H33N5/c1-7-18-10-9-11-19(8-2)23(18)30-17(3)21-16-29(13-12-22(21)28-30)24-26-14-20(15-27-24)25(4,5)6/h9-11,14-15H,7-8,12-13,16H2,1-6H3. The molecule has 0 bridgehead atoms. The highest BCUT2D eigenvalue weighted by Gasteiger charge is 2.26. The van der Waals surface area contributed by atoms with Crippen molar-refractivity contribution in [2.45, 2.75) is 72.8 Å². The van der Waals surface area contributed by atoms with Crippen LogP contribution in [0.3, 0.4) is 0 Å². The number of para-hydroxylation sites is 1. The summed E-state index contributed by atoms with van der Waals surface area (Å²) in [5, 5.41) is 5.06. The van der Waals surface area contributed by atoms with Crippen molar-refractivity contribution < 1.29 is 0 Å². The first kappa shape index (κ1) is 20.6. The molecule has 1 aliphatic heterocycles. The van der Waals surface area contributed by atoms with Crippen LogP contribution in [0.15, 0.2) is 30.6 Å². The third-order valence-electron chi connectivity index (χ3n) is 6.25. The summed E-state index contributed by atoms with van der Waals surface area (Å²) in [6.07, 6.45) is 6.88. The van der Waals surface area contributed by atoms with Crippen molar-refractivity contribution in [2.75, 3.05) is 11.4 Å². The summed E-state index contributed by atoms with van der Waals surface area (Å²) >= 11 is 0. The van der Waals surface area contributed by atoms with Gasteiger partial charge in [0, 0.05) is 43.2 Å². The molecule has 0 atom stereocenters. The topological polar surface area (TPSA) is 46.8 Å². The summed E-state index contributed by atoms with van der Waals surface area (Å²) in [5.41, 5.74) is 8.97. The molecule has 1 aromatic carbocycles. The molecule has 1 aliphatic rings. The minimum atomic E-state index is 0.0645. The maximum absolute atomic E-state index is 5.06. The zero-order valence-electron chi connectivity index (χ0n) is 19.2. The van der Waals surface area contributed by atoms with Gasteiger partial charge in [-0.3, -0.25) is 0 Å². The Morgan fingerprint density at radius 3 is 2.20 bits per heavy atom. The Labute approximate surface area is 180 Å². The van der Waals surface area contributed by atoms with Crippen molar-refractivity contribution in [1.82, 2.24) is 19.7 Å². The smallest absolute Gasteiger partial charge is 0.225 e. The van der Waals surface area contributed by atoms with Crippen molar-refractivity contribution >= 4 is 5.95 Å². The summed E-state index contributed by atoms with van der Waals surface area (Å²) in [4.78, 5) is 11.6. The summed E-state index contributed by atoms with van der Waals surface area (Å²) in [5.74, 6) is 0.809. The molecule has 0 unspecified atom stereocenters. The number of hydrogen-bond donors (Lipinski definition) is 0. The molecular formula is C25H33N5. The third-order valence-corrected chi connectivity index (χ3v) is 6.25. The van der Waals surface area contributed by atoms with Gasteiger partial charge in [0.15, 0.2) is 0 Å². The Morgan fingerprint density at radius 2 is 1.63 bits per heavy atom. The number of aryl methyl sites for hydroxylation is 2. The molecule has 0 aliphatic carbocycles. The van der Waals surface area contributed by atoms with E-state index in [0.717, 1.165) is 43.9 Å². The molecule has 158 valence electrons. The number of fused-ring (bicyclic) bond motifs is 1. The van der Waals surface area contributed by atoms with E-state index in [1.165, 1.54) is 33.8 Å². The lowest BCUT2D eigenvalue weighted by atomic mass is 9.89. The molecule has 0 saturated carbocycles. The van der Waals surface area contributed by atoms with Crippen LogP contribution in [0.4, 0.5) is 5.95 Å². The molecule has 5 nitrogen and oxygen atoms in total. The van der Waals surface area contributed by atoms with Crippen molar-refractivity contribution in [2.24, 2.45) is 0 Å². The summed E-state index contributed by atoms with van der Waals surface area (Å²) in [7, 11) is 0. The van der Waals surface area contributed by atoms with E-state index in [4.69, 9.17) is 5.10 Å². The number of anilines is 1. The van der Waals surface area contributed by atoms with Gasteiger partial charge < -0.3 is 4.90 Å². The number of hydrogen-bond acceptors (Lipinski definition) is 4. The molecule has 30 heavy (non-hydrogen) atoms. The maximum Gasteiger partial charge on any atom is 0.225 e. The van der Waals surface area contributed by atoms with E-state index < -0.39 is 0 Å². The predicted molar refractivity (Wildman–Crippen MR) is 123 cm³/mol. The molecule has 5 heteroatoms. The highest BCUT2D eigenvalue weighted by Crippen LogP contribution is 2.30. The number of aromatic nitrogens is 4. The lowest BCUT2D eigenvalue weighted by Crippen LogP contribution is -2.32. The van der Waals surface area contributed by atoms with Crippen LogP contribution in [0, 0.1) is 6.92 Å². The zero-order valence-corrected chi connectivity index (χ0v) is 19.2. The average Bonchev–Trinajstić information content (AvgIpc) is 3.08. The van der Waals surface area contributed by atoms with Crippen LogP contribution in [-0.2, 0) is 31.2 Å². The monoisotopic (exact) mass is 403 g/mol. The predicted octanol–water partition coefficient (Wildman–Crippen LogP) is 4.96. The van der Waals surface area contributed by atoms with Gasteiger partial charge >= 0.3 is 0 Å². The lowest BCUT2D eigenvalue weighted by molar-refractivity contribution is 0.582. The van der Waals surface area contributed by atoms with Crippen LogP contribution in [0.1, 0.15) is 68.3 Å². The fraction of sp³-hybridized carbons (Fsp3) is 0.480. The van der Waals surface area contributed by atoms with Crippen LogP contribution in [0.5, 0.6) is 0 Å². The number of rotatable bonds is 4. The first-order valence-electron chi connectivity index (χ1n) is 11.1. The minimum absolute atomic E-state index is 0.0645. The molecular weight excluding hydrogens is 370 g/mol. The fourth-order valence-electron chi connectivity index (χ4n) is 4.26. The van der Waals surface area contributed by atoms with Crippen molar-refractivity contribution in [3.8, 4) is 5.69 Å². The minimum Gasteiger partial charge on any atom is -0.336 e. The molecule has 0 N–H and O–H groups in total. The average molecular weight is 404 g/mol. The van der Waals surface area contributed by atoms with Crippen molar-refractivity contribution in [1.29, 1.82) is 0 Å². The first-order chi connectivity index (χ1) is 14.3. The van der Waals surface area contributed by atoms with Gasteiger partial charge in [-0.05, 0) is 41.9 Å². The second kappa shape index (κ2) is 7.86. The second-order valence-electron chi connectivity index (χ2n) is 9.25. The van der Waals surface area contributed by atoms with Gasteiger partial charge in [-0.25, -0.2) is 14.6 Å². The Balaban J connectivity index is 1.68. The Bertz CT molecular complexity index is 1020. The maximum atomic E-state index is 5.06. The molecule has 2 aromatic heterocycles. The van der Waals surface area contributed by atoms with Crippen LogP contribution in [0.2, 0.25) is 0 Å². The summed E-state index contributed by atoms with van der Waals surface area (Å²) in [6, 6.07) is 6.62. The van der Waals surface area contributed by atoms with Gasteiger partial charge in [0.2, 0.25) is 5.95 Å². The molecule has 0 spiro atoms. The van der Waals surface area contributed by atoms with Crippen molar-refractivity contribution in [3.05, 3.63) is 64.2 Å². The highest BCUT2D eigenvalue weighted by molar-refractivity contribution is 5.51. The summed E-state index contributed by atoms with van der Waals surface area (Å²) in [6.45, 7) is 14.9. The van der Waals surface area contributed by atoms with Crippen LogP contribution in [-0.4, -0.2) is 26.3 Å². The summed E-state index contributed by atoms with van der Waals surface area (Å²) < 4.78 is 2.19. The molecule has 0 radical (unpaired) electrons. The van der Waals surface area contributed by atoms with Gasteiger partial charge in [-0.2, -0.15) is 5.10 Å². The Morgan fingerprint density at radius 1 is 1.00 bits per heavy atom. The molecule has 0 saturated heterocycles. The SMILES string of the molecule is CCc1cccc(CC)c1-n1nc2c(c1C)CN(c1ncc(C(C)(C)C)cn1)CC2. The van der Waals surface area contributed by atoms with E-state index in [1.54, 1.807) is 0 Å². The van der Waals surface area contributed by atoms with Gasteiger partial charge in [-0.15, -0.1) is 0 Å². The van der Waals surface area contributed by atoms with E-state index in [2.05, 4.69) is 79.3 Å². The molecule has 0 amide bonds. The fourth-order valence-corrected chi connectivity index (χ4v) is 4.26. The highest BCUT2D eigenvalue weighted by atomic mass is 15.3. The van der Waals surface area contributed by atoms with E-state index in [0.29, 0.717) is 0 Å². The van der Waals surface area contributed by atoms with Crippen molar-refractivity contribution in [3.63, 3.8) is 0 Å². The second-order valence-corrected chi connectivity index (χ2v) is 9.25. The van der Waals surface area contributed by atoms with Gasteiger partial charge in [0.1, 0.15) is 0 Å². The molecule has 0 fully saturated rings. The van der Waals surface area contributed by atoms with Gasteiger partial charge in [0.05, 0.1) is 11.4 Å². The van der Waals surface area contributed by atoms with E-state index in [1.807, 2.05) is 12.4 Å². The van der Waals surface area contributed by atoms with Gasteiger partial charge in [-0.1, -0.05) is 52.8 Å². The molecule has 3 heterocycles. The zero-order chi connectivity index (χ0) is 21.5. The van der Waals surface area contributed by atoms with E-state index in [-0.39, 0.29) is 5.41 Å². The largest absolute Gasteiger partial charge is 0.336 e. The third kappa shape index (κ3) is 3.62. The first-order valence-corrected chi connectivity index (χ1v) is 11.1. The quantitative estimate of drug-likeness (QED) is 0.618. The van der Waals surface area contributed by atoms with Gasteiger partial charge in [0.25, 0.3) is 0 Å².